The Kier molecular flexibility index (Phi) is 3.96. The third kappa shape index (κ3) is 3.23. The van der Waals surface area contributed by atoms with Crippen LogP contribution in [0.25, 0.3) is 0 Å². The number of rotatable bonds is 2. The van der Waals surface area contributed by atoms with E-state index in [-0.39, 0.29) is 0 Å². The normalized spacial score (nSPS) is 21.5. The van der Waals surface area contributed by atoms with Crippen molar-refractivity contribution in [2.75, 3.05) is 13.1 Å². The average Bonchev–Trinajstić information content (AvgIpc) is 2.65. The first kappa shape index (κ1) is 13.8. The fourth-order valence-corrected chi connectivity index (χ4v) is 2.53. The molecule has 100 valence electrons. The first-order valence-electron chi connectivity index (χ1n) is 5.58. The number of nitrogens with zero attached hydrogens (tertiary/aromatic N) is 1. The summed E-state index contributed by atoms with van der Waals surface area (Å²) in [5.74, 6) is 0. The highest BCUT2D eigenvalue weighted by atomic mass is 79.9. The molecule has 0 saturated carbocycles. The molecule has 1 aromatic rings. The van der Waals surface area contributed by atoms with Gasteiger partial charge in [-0.25, -0.2) is 4.39 Å². The van der Waals surface area contributed by atoms with E-state index in [1.54, 1.807) is 0 Å². The fraction of sp³-hybridized carbons (Fsp3) is 0.500. The van der Waals surface area contributed by atoms with Crippen molar-refractivity contribution in [2.45, 2.75) is 25.3 Å². The van der Waals surface area contributed by atoms with Gasteiger partial charge in [0.05, 0.1) is 5.56 Å². The third-order valence-corrected chi connectivity index (χ3v) is 3.73. The zero-order valence-corrected chi connectivity index (χ0v) is 11.1. The van der Waals surface area contributed by atoms with E-state index in [1.165, 1.54) is 6.07 Å². The zero-order valence-electron chi connectivity index (χ0n) is 9.47. The number of hydrogen-bond donors (Lipinski definition) is 0. The minimum atomic E-state index is -4.33. The second-order valence-electron chi connectivity index (χ2n) is 4.43. The summed E-state index contributed by atoms with van der Waals surface area (Å²) in [7, 11) is 0. The lowest BCUT2D eigenvalue weighted by atomic mass is 10.1. The molecule has 0 N–H and O–H groups in total. The van der Waals surface area contributed by atoms with Crippen molar-refractivity contribution in [3.05, 3.63) is 33.8 Å². The number of hydrogen-bond acceptors (Lipinski definition) is 1. The lowest BCUT2D eigenvalue weighted by Gasteiger charge is -2.16. The minimum Gasteiger partial charge on any atom is -0.296 e. The highest BCUT2D eigenvalue weighted by Crippen LogP contribution is 2.32. The molecule has 1 aliphatic heterocycles. The largest absolute Gasteiger partial charge is 0.416 e. The molecule has 0 aromatic heterocycles. The van der Waals surface area contributed by atoms with Gasteiger partial charge in [-0.2, -0.15) is 13.2 Å². The lowest BCUT2D eigenvalue weighted by molar-refractivity contribution is -0.137. The Balaban J connectivity index is 2.10. The molecule has 0 spiro atoms. The van der Waals surface area contributed by atoms with Crippen LogP contribution in [0.15, 0.2) is 22.7 Å². The van der Waals surface area contributed by atoms with Crippen LogP contribution in [0, 0.1) is 0 Å². The summed E-state index contributed by atoms with van der Waals surface area (Å²) in [5, 5.41) is 0. The Morgan fingerprint density at radius 2 is 2.06 bits per heavy atom. The smallest absolute Gasteiger partial charge is 0.296 e. The summed E-state index contributed by atoms with van der Waals surface area (Å²) in [5.41, 5.74) is 0.0695. The van der Waals surface area contributed by atoms with Crippen molar-refractivity contribution in [3.8, 4) is 0 Å². The van der Waals surface area contributed by atoms with E-state index >= 15 is 0 Å². The SMILES string of the molecule is F[C@@H]1CCN(Cc2ccc(C(F)(F)F)cc2Br)C1. The summed E-state index contributed by atoms with van der Waals surface area (Å²) in [6.45, 7) is 1.47. The Morgan fingerprint density at radius 3 is 2.56 bits per heavy atom. The van der Waals surface area contributed by atoms with Gasteiger partial charge >= 0.3 is 6.18 Å². The second-order valence-corrected chi connectivity index (χ2v) is 5.28. The molecule has 18 heavy (non-hydrogen) atoms. The predicted octanol–water partition coefficient (Wildman–Crippen LogP) is 4.01. The molecular weight excluding hydrogens is 314 g/mol. The molecule has 0 radical (unpaired) electrons. The summed E-state index contributed by atoms with van der Waals surface area (Å²) >= 11 is 3.14. The van der Waals surface area contributed by atoms with Gasteiger partial charge in [-0.3, -0.25) is 4.90 Å². The number of benzene rings is 1. The van der Waals surface area contributed by atoms with Crippen LogP contribution in [-0.4, -0.2) is 24.2 Å². The monoisotopic (exact) mass is 325 g/mol. The van der Waals surface area contributed by atoms with Gasteiger partial charge in [0.2, 0.25) is 0 Å². The van der Waals surface area contributed by atoms with Crippen molar-refractivity contribution < 1.29 is 17.6 Å². The Morgan fingerprint density at radius 1 is 1.33 bits per heavy atom. The van der Waals surface area contributed by atoms with Gasteiger partial charge in [-0.15, -0.1) is 0 Å². The lowest BCUT2D eigenvalue weighted by Crippen LogP contribution is -2.20. The van der Waals surface area contributed by atoms with Crippen LogP contribution in [0.1, 0.15) is 17.5 Å². The zero-order chi connectivity index (χ0) is 13.3. The minimum absolute atomic E-state index is 0.355. The van der Waals surface area contributed by atoms with Crippen LogP contribution in [0.5, 0.6) is 0 Å². The van der Waals surface area contributed by atoms with Gasteiger partial charge in [-0.05, 0) is 24.1 Å². The van der Waals surface area contributed by atoms with Gasteiger partial charge in [0.25, 0.3) is 0 Å². The molecule has 2 rings (SSSR count). The van der Waals surface area contributed by atoms with Crippen LogP contribution in [-0.2, 0) is 12.7 Å². The highest BCUT2D eigenvalue weighted by molar-refractivity contribution is 9.10. The van der Waals surface area contributed by atoms with E-state index < -0.39 is 17.9 Å². The van der Waals surface area contributed by atoms with Crippen molar-refractivity contribution in [1.82, 2.24) is 4.90 Å². The first-order valence-corrected chi connectivity index (χ1v) is 6.37. The van der Waals surface area contributed by atoms with Crippen molar-refractivity contribution in [2.24, 2.45) is 0 Å². The van der Waals surface area contributed by atoms with E-state index in [4.69, 9.17) is 0 Å². The van der Waals surface area contributed by atoms with Crippen LogP contribution in [0.3, 0.4) is 0 Å². The van der Waals surface area contributed by atoms with Crippen molar-refractivity contribution >= 4 is 15.9 Å². The van der Waals surface area contributed by atoms with Crippen LogP contribution in [0.4, 0.5) is 17.6 Å². The summed E-state index contributed by atoms with van der Waals surface area (Å²) in [6, 6.07) is 3.57. The van der Waals surface area contributed by atoms with E-state index in [0.29, 0.717) is 30.5 Å². The van der Waals surface area contributed by atoms with Crippen LogP contribution in [0.2, 0.25) is 0 Å². The first-order chi connectivity index (χ1) is 8.36. The average molecular weight is 326 g/mol. The van der Waals surface area contributed by atoms with Gasteiger partial charge < -0.3 is 0 Å². The molecule has 1 saturated heterocycles. The maximum atomic E-state index is 13.0. The predicted molar refractivity (Wildman–Crippen MR) is 63.9 cm³/mol. The van der Waals surface area contributed by atoms with Crippen LogP contribution >= 0.6 is 15.9 Å². The number of alkyl halides is 4. The third-order valence-electron chi connectivity index (χ3n) is 2.99. The molecule has 0 aliphatic carbocycles. The standard InChI is InChI=1S/C12H12BrF4N/c13-11-5-9(12(15,16)17)2-1-8(11)6-18-4-3-10(14)7-18/h1-2,5,10H,3-4,6-7H2/t10-/m1/s1. The van der Waals surface area contributed by atoms with Gasteiger partial charge in [0.1, 0.15) is 6.17 Å². The molecular formula is C12H12BrF4N. The Hall–Kier alpha value is -0.620. The molecule has 1 fully saturated rings. The van der Waals surface area contributed by atoms with Gasteiger partial charge in [-0.1, -0.05) is 22.0 Å². The quantitative estimate of drug-likeness (QED) is 0.742. The Labute approximate surface area is 111 Å². The second kappa shape index (κ2) is 5.17. The fourth-order valence-electron chi connectivity index (χ4n) is 2.02. The maximum Gasteiger partial charge on any atom is 0.416 e. The molecule has 1 atom stereocenters. The van der Waals surface area contributed by atoms with E-state index in [9.17, 15) is 17.6 Å². The van der Waals surface area contributed by atoms with E-state index in [2.05, 4.69) is 15.9 Å². The molecule has 1 aromatic carbocycles. The van der Waals surface area contributed by atoms with Gasteiger partial charge in [0, 0.05) is 24.1 Å². The van der Waals surface area contributed by atoms with Crippen molar-refractivity contribution in [1.29, 1.82) is 0 Å². The molecule has 6 heteroatoms. The van der Waals surface area contributed by atoms with E-state index in [1.807, 2.05) is 4.90 Å². The molecule has 1 nitrogen and oxygen atoms in total. The van der Waals surface area contributed by atoms with Crippen LogP contribution < -0.4 is 0 Å². The number of likely N-dealkylation sites (tertiary alicyclic amines) is 1. The summed E-state index contributed by atoms with van der Waals surface area (Å²) in [6.07, 6.45) is -4.66. The molecule has 0 bridgehead atoms. The topological polar surface area (TPSA) is 3.24 Å². The molecule has 1 aliphatic rings. The van der Waals surface area contributed by atoms with E-state index in [0.717, 1.165) is 17.7 Å². The number of halogens is 5. The summed E-state index contributed by atoms with van der Waals surface area (Å²) < 4.78 is 50.8. The molecule has 0 unspecified atom stereocenters. The Bertz CT molecular complexity index is 433. The van der Waals surface area contributed by atoms with Crippen molar-refractivity contribution in [3.63, 3.8) is 0 Å². The van der Waals surface area contributed by atoms with Gasteiger partial charge in [0.15, 0.2) is 0 Å². The summed E-state index contributed by atoms with van der Waals surface area (Å²) in [4.78, 5) is 1.90. The molecule has 0 amide bonds. The highest BCUT2D eigenvalue weighted by Gasteiger charge is 2.31. The molecule has 1 heterocycles. The maximum absolute atomic E-state index is 13.0.